The van der Waals surface area contributed by atoms with E-state index >= 15 is 0 Å². The molecule has 0 heterocycles. The van der Waals surface area contributed by atoms with Crippen molar-refractivity contribution in [3.05, 3.63) is 24.0 Å². The Morgan fingerprint density at radius 2 is 2.05 bits per heavy atom. The van der Waals surface area contributed by atoms with Gasteiger partial charge >= 0.3 is 0 Å². The zero-order chi connectivity index (χ0) is 14.2. The van der Waals surface area contributed by atoms with Crippen LogP contribution in [0.25, 0.3) is 0 Å². The van der Waals surface area contributed by atoms with Crippen molar-refractivity contribution in [2.24, 2.45) is 5.92 Å². The van der Waals surface area contributed by atoms with Crippen LogP contribution in [0.2, 0.25) is 0 Å². The minimum atomic E-state index is -3.86. The zero-order valence-corrected chi connectivity index (χ0v) is 12.0. The van der Waals surface area contributed by atoms with E-state index in [1.807, 2.05) is 13.8 Å². The normalized spacial score (nSPS) is 16.3. The summed E-state index contributed by atoms with van der Waals surface area (Å²) in [6.07, 6.45) is 1.67. The van der Waals surface area contributed by atoms with Crippen LogP contribution in [0.4, 0.5) is 10.1 Å². The smallest absolute Gasteiger partial charge is 0.248 e. The third-order valence-corrected chi connectivity index (χ3v) is 5.07. The Balaban J connectivity index is 2.45. The molecular weight excluding hydrogens is 267 g/mol. The van der Waals surface area contributed by atoms with Gasteiger partial charge in [-0.3, -0.25) is 0 Å². The van der Waals surface area contributed by atoms with Crippen molar-refractivity contribution in [1.82, 2.24) is 4.31 Å². The molecule has 106 valence electrons. The summed E-state index contributed by atoms with van der Waals surface area (Å²) in [5.41, 5.74) is 5.62. The molecule has 1 fully saturated rings. The Hall–Kier alpha value is -1.14. The summed E-state index contributed by atoms with van der Waals surface area (Å²) in [4.78, 5) is -0.387. The van der Waals surface area contributed by atoms with Gasteiger partial charge in [0.2, 0.25) is 10.0 Å². The molecule has 2 rings (SSSR count). The predicted molar refractivity (Wildman–Crippen MR) is 72.6 cm³/mol. The summed E-state index contributed by atoms with van der Waals surface area (Å²) >= 11 is 0. The number of hydrogen-bond acceptors (Lipinski definition) is 3. The zero-order valence-electron chi connectivity index (χ0n) is 11.1. The summed E-state index contributed by atoms with van der Waals surface area (Å²) in [6.45, 7) is 4.27. The molecule has 19 heavy (non-hydrogen) atoms. The minimum absolute atomic E-state index is 0.00796. The number of hydrogen-bond donors (Lipinski definition) is 1. The van der Waals surface area contributed by atoms with Crippen LogP contribution in [0.5, 0.6) is 0 Å². The highest BCUT2D eigenvalue weighted by Crippen LogP contribution is 2.35. The van der Waals surface area contributed by atoms with Gasteiger partial charge in [-0.1, -0.05) is 19.9 Å². The molecule has 0 amide bonds. The summed E-state index contributed by atoms with van der Waals surface area (Å²) < 4.78 is 40.4. The average molecular weight is 286 g/mol. The molecule has 1 aliphatic carbocycles. The van der Waals surface area contributed by atoms with Crippen LogP contribution in [0.3, 0.4) is 0 Å². The maximum absolute atomic E-state index is 13.8. The lowest BCUT2D eigenvalue weighted by atomic mass is 10.2. The molecule has 1 aromatic rings. The summed E-state index contributed by atoms with van der Waals surface area (Å²) in [7, 11) is -3.86. The summed E-state index contributed by atoms with van der Waals surface area (Å²) in [5, 5.41) is 0. The fourth-order valence-corrected chi connectivity index (χ4v) is 4.09. The topological polar surface area (TPSA) is 63.4 Å². The highest BCUT2D eigenvalue weighted by Gasteiger charge is 2.40. The molecule has 0 unspecified atom stereocenters. The number of nitrogen functional groups attached to an aromatic ring is 1. The van der Waals surface area contributed by atoms with E-state index in [-0.39, 0.29) is 22.5 Å². The minimum Gasteiger partial charge on any atom is -0.398 e. The Morgan fingerprint density at radius 1 is 1.42 bits per heavy atom. The van der Waals surface area contributed by atoms with Gasteiger partial charge in [-0.05, 0) is 30.9 Å². The van der Waals surface area contributed by atoms with Crippen molar-refractivity contribution in [1.29, 1.82) is 0 Å². The van der Waals surface area contributed by atoms with Gasteiger partial charge in [0, 0.05) is 12.6 Å². The number of benzene rings is 1. The maximum Gasteiger partial charge on any atom is 0.248 e. The van der Waals surface area contributed by atoms with Crippen LogP contribution in [-0.4, -0.2) is 25.3 Å². The molecule has 0 bridgehead atoms. The second-order valence-electron chi connectivity index (χ2n) is 5.36. The van der Waals surface area contributed by atoms with Crippen molar-refractivity contribution < 1.29 is 12.8 Å². The number of rotatable bonds is 5. The lowest BCUT2D eigenvalue weighted by Crippen LogP contribution is -2.37. The number of halogens is 1. The van der Waals surface area contributed by atoms with E-state index < -0.39 is 15.8 Å². The van der Waals surface area contributed by atoms with Gasteiger partial charge in [-0.2, -0.15) is 4.31 Å². The van der Waals surface area contributed by atoms with Crippen molar-refractivity contribution in [3.63, 3.8) is 0 Å². The summed E-state index contributed by atoms with van der Waals surface area (Å²) in [6, 6.07) is 3.94. The first kappa shape index (κ1) is 14.3. The van der Waals surface area contributed by atoms with E-state index in [0.29, 0.717) is 6.54 Å². The molecule has 0 aliphatic heterocycles. The molecular formula is C13H19FN2O2S. The van der Waals surface area contributed by atoms with Crippen LogP contribution in [0, 0.1) is 11.7 Å². The SMILES string of the molecule is CC(C)CN(C1CC1)S(=O)(=O)c1c(N)cccc1F. The molecule has 2 N–H and O–H groups in total. The molecule has 1 aromatic carbocycles. The predicted octanol–water partition coefficient (Wildman–Crippen LogP) is 2.22. The van der Waals surface area contributed by atoms with Crippen molar-refractivity contribution in [2.75, 3.05) is 12.3 Å². The fraction of sp³-hybridized carbons (Fsp3) is 0.538. The maximum atomic E-state index is 13.8. The van der Waals surface area contributed by atoms with Crippen LogP contribution >= 0.6 is 0 Å². The van der Waals surface area contributed by atoms with Crippen molar-refractivity contribution >= 4 is 15.7 Å². The van der Waals surface area contributed by atoms with E-state index in [1.54, 1.807) is 0 Å². The Labute approximate surface area is 113 Å². The Morgan fingerprint density at radius 3 is 2.53 bits per heavy atom. The molecule has 6 heteroatoms. The number of nitrogens with zero attached hydrogens (tertiary/aromatic N) is 1. The molecule has 0 spiro atoms. The third-order valence-electron chi connectivity index (χ3n) is 3.06. The highest BCUT2D eigenvalue weighted by atomic mass is 32.2. The van der Waals surface area contributed by atoms with E-state index in [1.165, 1.54) is 16.4 Å². The van der Waals surface area contributed by atoms with E-state index in [0.717, 1.165) is 18.9 Å². The highest BCUT2D eigenvalue weighted by molar-refractivity contribution is 7.89. The van der Waals surface area contributed by atoms with Gasteiger partial charge in [0.05, 0.1) is 5.69 Å². The number of nitrogens with two attached hydrogens (primary N) is 1. The van der Waals surface area contributed by atoms with Gasteiger partial charge in [0.25, 0.3) is 0 Å². The van der Waals surface area contributed by atoms with Crippen LogP contribution in [0.1, 0.15) is 26.7 Å². The Bertz CT molecular complexity index is 548. The Kier molecular flexibility index (Phi) is 3.82. The third kappa shape index (κ3) is 2.90. The quantitative estimate of drug-likeness (QED) is 0.844. The fourth-order valence-electron chi connectivity index (χ4n) is 2.08. The molecule has 0 saturated heterocycles. The van der Waals surface area contributed by atoms with Gasteiger partial charge < -0.3 is 5.73 Å². The van der Waals surface area contributed by atoms with Gasteiger partial charge in [0.1, 0.15) is 10.7 Å². The standard InChI is InChI=1S/C13H19FN2O2S/c1-9(2)8-16(10-6-7-10)19(17,18)13-11(14)4-3-5-12(13)15/h3-5,9-10H,6-8,15H2,1-2H3. The van der Waals surface area contributed by atoms with Gasteiger partial charge in [-0.15, -0.1) is 0 Å². The second kappa shape index (κ2) is 5.09. The number of anilines is 1. The van der Waals surface area contributed by atoms with E-state index in [4.69, 9.17) is 5.73 Å². The molecule has 0 atom stereocenters. The molecule has 4 nitrogen and oxygen atoms in total. The van der Waals surface area contributed by atoms with Crippen molar-refractivity contribution in [2.45, 2.75) is 37.6 Å². The van der Waals surface area contributed by atoms with E-state index in [2.05, 4.69) is 0 Å². The van der Waals surface area contributed by atoms with Crippen LogP contribution in [0.15, 0.2) is 23.1 Å². The first-order valence-electron chi connectivity index (χ1n) is 6.40. The van der Waals surface area contributed by atoms with Crippen molar-refractivity contribution in [3.8, 4) is 0 Å². The van der Waals surface area contributed by atoms with Crippen LogP contribution in [-0.2, 0) is 10.0 Å². The average Bonchev–Trinajstić information content (AvgIpc) is 3.08. The largest absolute Gasteiger partial charge is 0.398 e. The lowest BCUT2D eigenvalue weighted by molar-refractivity contribution is 0.358. The van der Waals surface area contributed by atoms with Gasteiger partial charge in [-0.25, -0.2) is 12.8 Å². The molecule has 0 radical (unpaired) electrons. The second-order valence-corrected chi connectivity index (χ2v) is 7.19. The van der Waals surface area contributed by atoms with Crippen LogP contribution < -0.4 is 5.73 Å². The molecule has 1 saturated carbocycles. The molecule has 0 aromatic heterocycles. The first-order valence-corrected chi connectivity index (χ1v) is 7.84. The number of sulfonamides is 1. The first-order chi connectivity index (χ1) is 8.84. The van der Waals surface area contributed by atoms with Gasteiger partial charge in [0.15, 0.2) is 0 Å². The van der Waals surface area contributed by atoms with E-state index in [9.17, 15) is 12.8 Å². The monoisotopic (exact) mass is 286 g/mol. The summed E-state index contributed by atoms with van der Waals surface area (Å²) in [5.74, 6) is -0.599. The molecule has 1 aliphatic rings. The lowest BCUT2D eigenvalue weighted by Gasteiger charge is -2.24.